The maximum Gasteiger partial charge on any atom is 0.266 e. The van der Waals surface area contributed by atoms with Gasteiger partial charge in [-0.25, -0.2) is 0 Å². The average Bonchev–Trinajstić information content (AvgIpc) is 3.08. The predicted octanol–water partition coefficient (Wildman–Crippen LogP) is 3.72. The molecule has 34 heavy (non-hydrogen) atoms. The lowest BCUT2D eigenvalue weighted by Crippen LogP contribution is -2.54. The molecule has 2 aliphatic rings. The van der Waals surface area contributed by atoms with Gasteiger partial charge in [0.05, 0.1) is 17.7 Å². The van der Waals surface area contributed by atoms with Gasteiger partial charge < -0.3 is 10.5 Å². The molecule has 1 fully saturated rings. The molecule has 0 radical (unpaired) electrons. The molecule has 8 heteroatoms. The number of hydrogen-bond donors (Lipinski definition) is 2. The Morgan fingerprint density at radius 3 is 2.09 bits per heavy atom. The van der Waals surface area contributed by atoms with Crippen LogP contribution in [-0.2, 0) is 9.59 Å². The summed E-state index contributed by atoms with van der Waals surface area (Å²) in [5.41, 5.74) is 5.96. The molecule has 8 nitrogen and oxygen atoms in total. The van der Waals surface area contributed by atoms with Crippen LogP contribution in [0.25, 0.3) is 0 Å². The van der Waals surface area contributed by atoms with E-state index >= 15 is 0 Å². The van der Waals surface area contributed by atoms with Gasteiger partial charge >= 0.3 is 0 Å². The fourth-order valence-electron chi connectivity index (χ4n) is 4.62. The molecule has 1 saturated heterocycles. The van der Waals surface area contributed by atoms with Crippen molar-refractivity contribution in [2.75, 3.05) is 13.2 Å². The molecule has 2 aliphatic heterocycles. The molecule has 0 aliphatic carbocycles. The number of carbonyl (C=O) groups excluding carboxylic acids is 4. The summed E-state index contributed by atoms with van der Waals surface area (Å²) in [6.45, 7) is 1.27. The van der Waals surface area contributed by atoms with E-state index in [0.717, 1.165) is 37.1 Å². The van der Waals surface area contributed by atoms with E-state index in [0.29, 0.717) is 12.4 Å². The van der Waals surface area contributed by atoms with Gasteiger partial charge in [0.1, 0.15) is 11.8 Å². The fourth-order valence-corrected chi connectivity index (χ4v) is 4.62. The van der Waals surface area contributed by atoms with Gasteiger partial charge in [0.15, 0.2) is 0 Å². The molecule has 3 N–H and O–H groups in total. The maximum atomic E-state index is 13.0. The van der Waals surface area contributed by atoms with Crippen LogP contribution in [0.2, 0.25) is 0 Å². The van der Waals surface area contributed by atoms with Crippen LogP contribution in [0.3, 0.4) is 0 Å². The van der Waals surface area contributed by atoms with Crippen molar-refractivity contribution in [3.8, 4) is 5.75 Å². The summed E-state index contributed by atoms with van der Waals surface area (Å²) in [7, 11) is 0. The van der Waals surface area contributed by atoms with Crippen LogP contribution in [0.4, 0.5) is 0 Å². The van der Waals surface area contributed by atoms with Gasteiger partial charge in [-0.05, 0) is 37.9 Å². The number of imide groups is 2. The number of nitrogens with zero attached hydrogens (tertiary/aromatic N) is 1. The Bertz CT molecular complexity index is 885. The third kappa shape index (κ3) is 6.65. The Kier molecular flexibility index (Phi) is 10.1. The maximum absolute atomic E-state index is 13.0. The first-order valence-corrected chi connectivity index (χ1v) is 12.7. The molecular weight excluding hydrogens is 434 g/mol. The van der Waals surface area contributed by atoms with E-state index in [2.05, 4.69) is 5.32 Å². The Balaban J connectivity index is 1.39. The highest BCUT2D eigenvalue weighted by Crippen LogP contribution is 2.33. The summed E-state index contributed by atoms with van der Waals surface area (Å²) in [6, 6.07) is 3.98. The first-order valence-electron chi connectivity index (χ1n) is 12.7. The van der Waals surface area contributed by atoms with Crippen molar-refractivity contribution < 1.29 is 23.9 Å². The molecule has 186 valence electrons. The quantitative estimate of drug-likeness (QED) is 0.297. The summed E-state index contributed by atoms with van der Waals surface area (Å²) < 4.78 is 5.88. The number of carbonyl (C=O) groups is 4. The molecule has 1 unspecified atom stereocenters. The van der Waals surface area contributed by atoms with E-state index in [1.807, 2.05) is 0 Å². The minimum atomic E-state index is -0.969. The van der Waals surface area contributed by atoms with Crippen LogP contribution in [0.5, 0.6) is 5.75 Å². The van der Waals surface area contributed by atoms with Gasteiger partial charge in [0, 0.05) is 6.42 Å². The molecule has 0 bridgehead atoms. The minimum absolute atomic E-state index is 0.0992. The topological polar surface area (TPSA) is 119 Å². The number of piperidine rings is 1. The lowest BCUT2D eigenvalue weighted by Gasteiger charge is -2.27. The molecule has 1 aromatic carbocycles. The number of nitrogens with one attached hydrogen (secondary N) is 1. The largest absolute Gasteiger partial charge is 0.493 e. The van der Waals surface area contributed by atoms with Gasteiger partial charge in [-0.2, -0.15) is 0 Å². The smallest absolute Gasteiger partial charge is 0.266 e. The van der Waals surface area contributed by atoms with Crippen LogP contribution in [-0.4, -0.2) is 47.7 Å². The van der Waals surface area contributed by atoms with Crippen molar-refractivity contribution in [2.45, 2.75) is 89.5 Å². The lowest BCUT2D eigenvalue weighted by atomic mass is 10.0. The summed E-state index contributed by atoms with van der Waals surface area (Å²) in [5, 5.41) is 2.21. The van der Waals surface area contributed by atoms with Crippen molar-refractivity contribution in [1.82, 2.24) is 10.2 Å². The minimum Gasteiger partial charge on any atom is -0.493 e. The number of amides is 4. The Morgan fingerprint density at radius 2 is 1.47 bits per heavy atom. The van der Waals surface area contributed by atoms with Crippen molar-refractivity contribution in [3.63, 3.8) is 0 Å². The van der Waals surface area contributed by atoms with Crippen LogP contribution >= 0.6 is 0 Å². The third-order valence-electron chi connectivity index (χ3n) is 6.54. The molecule has 1 aromatic rings. The van der Waals surface area contributed by atoms with Crippen molar-refractivity contribution in [2.24, 2.45) is 5.73 Å². The van der Waals surface area contributed by atoms with E-state index in [1.54, 1.807) is 18.2 Å². The van der Waals surface area contributed by atoms with E-state index in [9.17, 15) is 19.2 Å². The number of unbranched alkanes of at least 4 members (excludes halogenated alkanes) is 10. The summed E-state index contributed by atoms with van der Waals surface area (Å²) in [4.78, 5) is 50.5. The van der Waals surface area contributed by atoms with Gasteiger partial charge in [-0.1, -0.05) is 63.9 Å². The number of hydrogen-bond acceptors (Lipinski definition) is 6. The van der Waals surface area contributed by atoms with Gasteiger partial charge in [-0.3, -0.25) is 29.4 Å². The van der Waals surface area contributed by atoms with Crippen LogP contribution in [0, 0.1) is 0 Å². The van der Waals surface area contributed by atoms with Crippen molar-refractivity contribution in [3.05, 3.63) is 29.3 Å². The molecule has 3 rings (SSSR count). The average molecular weight is 472 g/mol. The zero-order chi connectivity index (χ0) is 24.3. The molecule has 0 spiro atoms. The van der Waals surface area contributed by atoms with E-state index in [4.69, 9.17) is 10.5 Å². The van der Waals surface area contributed by atoms with Gasteiger partial charge in [0.2, 0.25) is 11.8 Å². The van der Waals surface area contributed by atoms with E-state index in [1.165, 1.54) is 44.9 Å². The summed E-state index contributed by atoms with van der Waals surface area (Å²) >= 11 is 0. The number of rotatable bonds is 15. The first kappa shape index (κ1) is 25.9. The molecule has 4 amide bonds. The molecular formula is C26H37N3O5. The van der Waals surface area contributed by atoms with Crippen molar-refractivity contribution >= 4 is 23.6 Å². The molecule has 1 atom stereocenters. The highest BCUT2D eigenvalue weighted by molar-refractivity contribution is 6.24. The van der Waals surface area contributed by atoms with Gasteiger partial charge in [-0.15, -0.1) is 0 Å². The third-order valence-corrected chi connectivity index (χ3v) is 6.54. The lowest BCUT2D eigenvalue weighted by molar-refractivity contribution is -0.136. The molecule has 0 saturated carbocycles. The number of benzene rings is 1. The standard InChI is InChI=1S/C26H37N3O5/c27-17-10-8-6-4-2-1-3-5-7-9-11-18-34-21-14-12-13-19-23(21)26(33)29(25(19)32)20-15-16-22(30)28-24(20)31/h12-14,20H,1-11,15-18,27H2,(H,28,30,31). The van der Waals surface area contributed by atoms with Crippen LogP contribution in [0.1, 0.15) is 104 Å². The number of nitrogens with two attached hydrogens (primary N) is 1. The van der Waals surface area contributed by atoms with Crippen LogP contribution in [0.15, 0.2) is 18.2 Å². The number of ether oxygens (including phenoxy) is 1. The second kappa shape index (κ2) is 13.2. The zero-order valence-electron chi connectivity index (χ0n) is 20.0. The summed E-state index contributed by atoms with van der Waals surface area (Å²) in [5.74, 6) is -1.67. The highest BCUT2D eigenvalue weighted by Gasteiger charge is 2.45. The Labute approximate surface area is 201 Å². The van der Waals surface area contributed by atoms with Gasteiger partial charge in [0.25, 0.3) is 11.8 Å². The fraction of sp³-hybridized carbons (Fsp3) is 0.615. The monoisotopic (exact) mass is 471 g/mol. The van der Waals surface area contributed by atoms with Crippen molar-refractivity contribution in [1.29, 1.82) is 0 Å². The van der Waals surface area contributed by atoms with Crippen LogP contribution < -0.4 is 15.8 Å². The Hall–Kier alpha value is -2.74. The van der Waals surface area contributed by atoms with E-state index in [-0.39, 0.29) is 29.9 Å². The summed E-state index contributed by atoms with van der Waals surface area (Å²) in [6.07, 6.45) is 13.4. The Morgan fingerprint density at radius 1 is 0.853 bits per heavy atom. The normalized spacial score (nSPS) is 17.8. The predicted molar refractivity (Wildman–Crippen MR) is 128 cm³/mol. The second-order valence-corrected chi connectivity index (χ2v) is 9.15. The number of fused-ring (bicyclic) bond motifs is 1. The van der Waals surface area contributed by atoms with E-state index < -0.39 is 23.8 Å². The first-order chi connectivity index (χ1) is 16.5. The zero-order valence-corrected chi connectivity index (χ0v) is 20.0. The second-order valence-electron chi connectivity index (χ2n) is 9.15. The molecule has 0 aromatic heterocycles. The highest BCUT2D eigenvalue weighted by atomic mass is 16.5. The molecule has 2 heterocycles. The SMILES string of the molecule is NCCCCCCCCCCCCCOc1cccc2c1C(=O)N(C1CCC(=O)NC1=O)C2=O.